The number of alkyl halides is 6. The summed E-state index contributed by atoms with van der Waals surface area (Å²) in [7, 11) is 0. The van der Waals surface area contributed by atoms with Crippen LogP contribution in [0.1, 0.15) is 22.8 Å². The van der Waals surface area contributed by atoms with Gasteiger partial charge in [-0.3, -0.25) is 4.79 Å². The van der Waals surface area contributed by atoms with Crippen molar-refractivity contribution in [1.82, 2.24) is 5.32 Å². The van der Waals surface area contributed by atoms with Crippen molar-refractivity contribution in [3.63, 3.8) is 0 Å². The van der Waals surface area contributed by atoms with E-state index >= 15 is 0 Å². The van der Waals surface area contributed by atoms with Gasteiger partial charge in [-0.1, -0.05) is 24.3 Å². The molecule has 31 heavy (non-hydrogen) atoms. The minimum atomic E-state index is -5.70. The average Bonchev–Trinajstić information content (AvgIpc) is 2.66. The van der Waals surface area contributed by atoms with Gasteiger partial charge in [-0.05, 0) is 31.2 Å². The predicted molar refractivity (Wildman–Crippen MR) is 94.4 cm³/mol. The van der Waals surface area contributed by atoms with Gasteiger partial charge in [0.15, 0.2) is 0 Å². The van der Waals surface area contributed by atoms with Gasteiger partial charge in [-0.25, -0.2) is 9.18 Å². The molecular formula is C19H15F7N2O3. The maximum Gasteiger partial charge on any atom is 0.441 e. The fourth-order valence-corrected chi connectivity index (χ4v) is 2.55. The molecule has 0 aromatic heterocycles. The lowest BCUT2D eigenvalue weighted by atomic mass is 10.1. The molecular weight excluding hydrogens is 437 g/mol. The van der Waals surface area contributed by atoms with Crippen LogP contribution in [0.4, 0.5) is 36.4 Å². The Hall–Kier alpha value is -3.31. The summed E-state index contributed by atoms with van der Waals surface area (Å²) >= 11 is 0. The summed E-state index contributed by atoms with van der Waals surface area (Å²) in [5, 5.41) is 2.72. The first kappa shape index (κ1) is 24.0. The smallest absolute Gasteiger partial charge is 0.441 e. The molecule has 0 bridgehead atoms. The molecule has 0 spiro atoms. The summed E-state index contributed by atoms with van der Waals surface area (Å²) in [6.45, 7) is 0.566. The Kier molecular flexibility index (Phi) is 6.82. The molecule has 0 unspecified atom stereocenters. The van der Waals surface area contributed by atoms with E-state index in [0.717, 1.165) is 43.3 Å². The lowest BCUT2D eigenvalue weighted by Crippen LogP contribution is -2.69. The lowest BCUT2D eigenvalue weighted by Gasteiger charge is -2.36. The van der Waals surface area contributed by atoms with Crippen LogP contribution in [0, 0.1) is 5.82 Å². The van der Waals surface area contributed by atoms with E-state index in [9.17, 15) is 40.3 Å². The number of carbonyl (C=O) groups is 2. The number of carbonyl (C=O) groups excluding carboxylic acids is 2. The molecule has 0 radical (unpaired) electrons. The van der Waals surface area contributed by atoms with Crippen LogP contribution in [0.25, 0.3) is 0 Å². The van der Waals surface area contributed by atoms with Crippen molar-refractivity contribution in [2.24, 2.45) is 0 Å². The summed E-state index contributed by atoms with van der Waals surface area (Å²) in [6.07, 6.45) is -10.8. The zero-order chi connectivity index (χ0) is 23.4. The molecule has 0 aliphatic heterocycles. The molecule has 0 saturated carbocycles. The van der Waals surface area contributed by atoms with Gasteiger partial charge in [0.1, 0.15) is 5.82 Å². The van der Waals surface area contributed by atoms with E-state index in [2.05, 4.69) is 4.74 Å². The standard InChI is InChI=1S/C19H15F7N2O3/c1-2-31-16(30)17(19(24,25)26,28-15(29)11-7-3-5-9-13(11)20)27-14-10-6-4-8-12(14)18(21,22)23/h3-10,27H,2H2,1H3,(H,28,29)/t17-/m1/s1. The third-order valence-electron chi connectivity index (χ3n) is 3.98. The third-order valence-corrected chi connectivity index (χ3v) is 3.98. The number of anilines is 1. The van der Waals surface area contributed by atoms with E-state index in [1.165, 1.54) is 10.6 Å². The second kappa shape index (κ2) is 8.82. The molecule has 2 aromatic rings. The maximum atomic E-state index is 14.1. The second-order valence-electron chi connectivity index (χ2n) is 6.07. The Labute approximate surface area is 171 Å². The number of hydrogen-bond acceptors (Lipinski definition) is 4. The zero-order valence-corrected chi connectivity index (χ0v) is 15.7. The first-order valence-corrected chi connectivity index (χ1v) is 8.59. The van der Waals surface area contributed by atoms with Crippen molar-refractivity contribution in [3.8, 4) is 0 Å². The van der Waals surface area contributed by atoms with Crippen LogP contribution in [-0.2, 0) is 15.7 Å². The molecule has 0 aliphatic rings. The molecule has 0 fully saturated rings. The normalized spacial score (nSPS) is 13.8. The molecule has 5 nitrogen and oxygen atoms in total. The number of amides is 1. The van der Waals surface area contributed by atoms with Crippen molar-refractivity contribution >= 4 is 17.6 Å². The number of hydrogen-bond donors (Lipinski definition) is 2. The van der Waals surface area contributed by atoms with E-state index in [0.29, 0.717) is 12.1 Å². The molecule has 0 saturated heterocycles. The topological polar surface area (TPSA) is 67.4 Å². The van der Waals surface area contributed by atoms with E-state index in [1.807, 2.05) is 0 Å². The van der Waals surface area contributed by atoms with Crippen LogP contribution < -0.4 is 10.6 Å². The maximum absolute atomic E-state index is 14.1. The van der Waals surface area contributed by atoms with Crippen LogP contribution in [0.15, 0.2) is 48.5 Å². The first-order chi connectivity index (χ1) is 14.3. The van der Waals surface area contributed by atoms with E-state index in [-0.39, 0.29) is 0 Å². The number of ether oxygens (including phenoxy) is 1. The van der Waals surface area contributed by atoms with E-state index in [1.54, 1.807) is 0 Å². The fourth-order valence-electron chi connectivity index (χ4n) is 2.55. The Bertz CT molecular complexity index is 960. The zero-order valence-electron chi connectivity index (χ0n) is 15.7. The van der Waals surface area contributed by atoms with Crippen molar-refractivity contribution in [1.29, 1.82) is 0 Å². The summed E-state index contributed by atoms with van der Waals surface area (Å²) in [5.74, 6) is -5.06. The summed E-state index contributed by atoms with van der Waals surface area (Å²) in [6, 6.07) is 6.94. The second-order valence-corrected chi connectivity index (χ2v) is 6.07. The summed E-state index contributed by atoms with van der Waals surface area (Å²) in [5.41, 5.74) is -7.71. The third kappa shape index (κ3) is 5.06. The number of rotatable bonds is 6. The van der Waals surface area contributed by atoms with Gasteiger partial charge in [-0.2, -0.15) is 26.3 Å². The van der Waals surface area contributed by atoms with Gasteiger partial charge in [0.25, 0.3) is 5.91 Å². The Morgan fingerprint density at radius 2 is 1.52 bits per heavy atom. The van der Waals surface area contributed by atoms with Crippen LogP contribution in [0.3, 0.4) is 0 Å². The molecule has 1 atom stereocenters. The number of esters is 1. The largest absolute Gasteiger partial charge is 0.463 e. The van der Waals surface area contributed by atoms with E-state index < -0.39 is 59.1 Å². The Balaban J connectivity index is 2.64. The highest BCUT2D eigenvalue weighted by Gasteiger charge is 2.64. The van der Waals surface area contributed by atoms with Gasteiger partial charge < -0.3 is 15.4 Å². The quantitative estimate of drug-likeness (QED) is 0.385. The highest BCUT2D eigenvalue weighted by Crippen LogP contribution is 2.39. The molecule has 0 aliphatic carbocycles. The minimum Gasteiger partial charge on any atom is -0.463 e. The number of halogens is 7. The van der Waals surface area contributed by atoms with Crippen molar-refractivity contribution in [3.05, 3.63) is 65.5 Å². The Morgan fingerprint density at radius 3 is 2.06 bits per heavy atom. The number of para-hydroxylation sites is 1. The molecule has 12 heteroatoms. The highest BCUT2D eigenvalue weighted by atomic mass is 19.4. The van der Waals surface area contributed by atoms with E-state index in [4.69, 9.17) is 0 Å². The molecule has 2 N–H and O–H groups in total. The number of nitrogens with one attached hydrogen (secondary N) is 2. The predicted octanol–water partition coefficient (Wildman–Crippen LogP) is 4.51. The van der Waals surface area contributed by atoms with Gasteiger partial charge in [0, 0.05) is 5.69 Å². The number of benzene rings is 2. The van der Waals surface area contributed by atoms with Crippen molar-refractivity contribution in [2.45, 2.75) is 24.9 Å². The van der Waals surface area contributed by atoms with Gasteiger partial charge in [0.2, 0.25) is 0 Å². The van der Waals surface area contributed by atoms with Crippen LogP contribution in [0.2, 0.25) is 0 Å². The monoisotopic (exact) mass is 452 g/mol. The SMILES string of the molecule is CCOC(=O)[C@](NC(=O)c1ccccc1F)(Nc1ccccc1C(F)(F)F)C(F)(F)F. The van der Waals surface area contributed by atoms with Crippen molar-refractivity contribution in [2.75, 3.05) is 11.9 Å². The molecule has 1 amide bonds. The first-order valence-electron chi connectivity index (χ1n) is 8.59. The summed E-state index contributed by atoms with van der Waals surface area (Å²) < 4.78 is 100. The van der Waals surface area contributed by atoms with Crippen LogP contribution in [0.5, 0.6) is 0 Å². The summed E-state index contributed by atoms with van der Waals surface area (Å²) in [4.78, 5) is 24.7. The van der Waals surface area contributed by atoms with Crippen LogP contribution in [-0.4, -0.2) is 30.3 Å². The van der Waals surface area contributed by atoms with Crippen LogP contribution >= 0.6 is 0 Å². The Morgan fingerprint density at radius 1 is 0.935 bits per heavy atom. The molecule has 2 aromatic carbocycles. The van der Waals surface area contributed by atoms with Gasteiger partial charge >= 0.3 is 24.0 Å². The van der Waals surface area contributed by atoms with Gasteiger partial charge in [-0.15, -0.1) is 0 Å². The van der Waals surface area contributed by atoms with Gasteiger partial charge in [0.05, 0.1) is 17.7 Å². The lowest BCUT2D eigenvalue weighted by molar-refractivity contribution is -0.204. The molecule has 0 heterocycles. The fraction of sp³-hybridized carbons (Fsp3) is 0.263. The average molecular weight is 452 g/mol. The highest BCUT2D eigenvalue weighted by molar-refractivity contribution is 5.99. The molecule has 168 valence electrons. The van der Waals surface area contributed by atoms with Crippen molar-refractivity contribution < 1.29 is 45.1 Å². The minimum absolute atomic E-state index is 0.479. The molecule has 2 rings (SSSR count).